The number of carbonyl (C=O) groups is 1. The van der Waals surface area contributed by atoms with Gasteiger partial charge in [0, 0.05) is 31.9 Å². The number of anilines is 2. The van der Waals surface area contributed by atoms with E-state index in [0.29, 0.717) is 12.5 Å². The minimum Gasteiger partial charge on any atom is -0.357 e. The van der Waals surface area contributed by atoms with Gasteiger partial charge in [-0.2, -0.15) is 4.98 Å². The lowest BCUT2D eigenvalue weighted by atomic mass is 10.1. The van der Waals surface area contributed by atoms with Crippen LogP contribution in [0.1, 0.15) is 18.9 Å². The van der Waals surface area contributed by atoms with Crippen molar-refractivity contribution in [3.63, 3.8) is 0 Å². The summed E-state index contributed by atoms with van der Waals surface area (Å²) in [6, 6.07) is -0.142. The van der Waals surface area contributed by atoms with Gasteiger partial charge in [-0.15, -0.1) is 0 Å². The van der Waals surface area contributed by atoms with E-state index >= 15 is 0 Å². The van der Waals surface area contributed by atoms with Gasteiger partial charge in [0.05, 0.1) is 0 Å². The number of piperazine rings is 1. The van der Waals surface area contributed by atoms with E-state index in [2.05, 4.69) is 25.5 Å². The first-order chi connectivity index (χ1) is 8.67. The molecular weight excluding hydrogens is 230 g/mol. The Balaban J connectivity index is 2.36. The average Bonchev–Trinajstić information content (AvgIpc) is 2.39. The topological polar surface area (TPSA) is 70.2 Å². The molecule has 98 valence electrons. The number of nitrogens with zero attached hydrogens (tertiary/aromatic N) is 3. The summed E-state index contributed by atoms with van der Waals surface area (Å²) >= 11 is 0. The van der Waals surface area contributed by atoms with Crippen LogP contribution < -0.4 is 15.5 Å². The van der Waals surface area contributed by atoms with Gasteiger partial charge in [0.1, 0.15) is 11.9 Å². The molecule has 0 aromatic carbocycles. The maximum Gasteiger partial charge on any atom is 0.242 e. The molecule has 1 fully saturated rings. The second-order valence-electron chi connectivity index (χ2n) is 4.36. The van der Waals surface area contributed by atoms with Gasteiger partial charge in [0.2, 0.25) is 11.9 Å². The molecule has 0 aliphatic carbocycles. The molecule has 1 aromatic rings. The van der Waals surface area contributed by atoms with E-state index in [1.54, 1.807) is 13.2 Å². The summed E-state index contributed by atoms with van der Waals surface area (Å²) in [6.45, 7) is 5.42. The lowest BCUT2D eigenvalue weighted by Gasteiger charge is -2.36. The maximum atomic E-state index is 11.9. The van der Waals surface area contributed by atoms with Gasteiger partial charge in [-0.1, -0.05) is 6.92 Å². The van der Waals surface area contributed by atoms with Gasteiger partial charge in [-0.25, -0.2) is 4.98 Å². The highest BCUT2D eigenvalue weighted by Gasteiger charge is 2.30. The van der Waals surface area contributed by atoms with Crippen LogP contribution >= 0.6 is 0 Å². The molecule has 1 unspecified atom stereocenters. The van der Waals surface area contributed by atoms with Crippen LogP contribution in [0.25, 0.3) is 0 Å². The predicted octanol–water partition coefficient (Wildman–Crippen LogP) is 0.542. The second-order valence-corrected chi connectivity index (χ2v) is 4.36. The van der Waals surface area contributed by atoms with Crippen molar-refractivity contribution in [1.29, 1.82) is 0 Å². The fourth-order valence-electron chi connectivity index (χ4n) is 2.22. The van der Waals surface area contributed by atoms with E-state index in [9.17, 15) is 4.79 Å². The summed E-state index contributed by atoms with van der Waals surface area (Å²) < 4.78 is 0. The standard InChI is InChI=1S/C12H19N5O/c1-4-9-11(18)14-5-6-17(9)10-8(2)7-15-12(13-3)16-10/h7,9H,4-6H2,1-3H3,(H,14,18)(H,13,15,16). The number of hydrogen-bond acceptors (Lipinski definition) is 5. The zero-order chi connectivity index (χ0) is 13.1. The molecule has 18 heavy (non-hydrogen) atoms. The van der Waals surface area contributed by atoms with Gasteiger partial charge in [-0.05, 0) is 13.3 Å². The smallest absolute Gasteiger partial charge is 0.242 e. The third-order valence-corrected chi connectivity index (χ3v) is 3.16. The molecule has 2 N–H and O–H groups in total. The van der Waals surface area contributed by atoms with E-state index in [4.69, 9.17) is 0 Å². The fourth-order valence-corrected chi connectivity index (χ4v) is 2.22. The molecule has 1 aliphatic rings. The molecule has 1 atom stereocenters. The Morgan fingerprint density at radius 2 is 2.39 bits per heavy atom. The van der Waals surface area contributed by atoms with Gasteiger partial charge < -0.3 is 15.5 Å². The molecule has 1 saturated heterocycles. The molecule has 1 aliphatic heterocycles. The van der Waals surface area contributed by atoms with Gasteiger partial charge in [0.25, 0.3) is 0 Å². The number of rotatable bonds is 3. The van der Waals surface area contributed by atoms with Crippen molar-refractivity contribution < 1.29 is 4.79 Å². The van der Waals surface area contributed by atoms with Crippen LogP contribution in [-0.2, 0) is 4.79 Å². The monoisotopic (exact) mass is 249 g/mol. The summed E-state index contributed by atoms with van der Waals surface area (Å²) in [7, 11) is 1.79. The second kappa shape index (κ2) is 5.20. The minimum atomic E-state index is -0.142. The maximum absolute atomic E-state index is 11.9. The SMILES string of the molecule is CCC1C(=O)NCCN1c1nc(NC)ncc1C. The minimum absolute atomic E-state index is 0.0766. The lowest BCUT2D eigenvalue weighted by Crippen LogP contribution is -2.55. The summed E-state index contributed by atoms with van der Waals surface area (Å²) in [5.41, 5.74) is 0.988. The van der Waals surface area contributed by atoms with Crippen LogP contribution in [0.3, 0.4) is 0 Å². The number of aryl methyl sites for hydroxylation is 1. The molecule has 2 heterocycles. The van der Waals surface area contributed by atoms with Crippen molar-refractivity contribution >= 4 is 17.7 Å². The van der Waals surface area contributed by atoms with Gasteiger partial charge in [0.15, 0.2) is 0 Å². The summed E-state index contributed by atoms with van der Waals surface area (Å²) in [5.74, 6) is 1.50. The Kier molecular flexibility index (Phi) is 3.64. The molecule has 1 aromatic heterocycles. The number of aromatic nitrogens is 2. The molecule has 0 radical (unpaired) electrons. The van der Waals surface area contributed by atoms with Gasteiger partial charge in [-0.3, -0.25) is 4.79 Å². The van der Waals surface area contributed by atoms with Crippen molar-refractivity contribution in [3.8, 4) is 0 Å². The normalized spacial score (nSPS) is 19.6. The van der Waals surface area contributed by atoms with Gasteiger partial charge >= 0.3 is 0 Å². The van der Waals surface area contributed by atoms with Crippen LogP contribution in [0.4, 0.5) is 11.8 Å². The van der Waals surface area contributed by atoms with Crippen LogP contribution in [0.15, 0.2) is 6.20 Å². The fraction of sp³-hybridized carbons (Fsp3) is 0.583. The molecule has 0 saturated carbocycles. The Bertz CT molecular complexity index is 448. The number of amides is 1. The highest BCUT2D eigenvalue weighted by Crippen LogP contribution is 2.22. The molecule has 6 heteroatoms. The van der Waals surface area contributed by atoms with E-state index < -0.39 is 0 Å². The first kappa shape index (κ1) is 12.6. The zero-order valence-corrected chi connectivity index (χ0v) is 11.0. The summed E-state index contributed by atoms with van der Waals surface area (Å²) in [6.07, 6.45) is 2.55. The summed E-state index contributed by atoms with van der Waals surface area (Å²) in [5, 5.41) is 5.82. The van der Waals surface area contributed by atoms with E-state index in [1.807, 2.05) is 13.8 Å². The third-order valence-electron chi connectivity index (χ3n) is 3.16. The highest BCUT2D eigenvalue weighted by atomic mass is 16.2. The van der Waals surface area contributed by atoms with Crippen molar-refractivity contribution in [3.05, 3.63) is 11.8 Å². The average molecular weight is 249 g/mol. The first-order valence-corrected chi connectivity index (χ1v) is 6.23. The van der Waals surface area contributed by atoms with E-state index in [-0.39, 0.29) is 11.9 Å². The molecule has 0 spiro atoms. The molecule has 1 amide bonds. The van der Waals surface area contributed by atoms with Crippen LogP contribution in [0.2, 0.25) is 0 Å². The lowest BCUT2D eigenvalue weighted by molar-refractivity contribution is -0.123. The van der Waals surface area contributed by atoms with Crippen molar-refractivity contribution in [2.24, 2.45) is 0 Å². The predicted molar refractivity (Wildman–Crippen MR) is 70.8 cm³/mol. The van der Waals surface area contributed by atoms with E-state index in [0.717, 1.165) is 24.3 Å². The molecular formula is C12H19N5O. The Hall–Kier alpha value is -1.85. The zero-order valence-electron chi connectivity index (χ0n) is 11.0. The molecule has 0 bridgehead atoms. The van der Waals surface area contributed by atoms with Crippen LogP contribution in [-0.4, -0.2) is 42.1 Å². The number of hydrogen-bond donors (Lipinski definition) is 2. The molecule has 6 nitrogen and oxygen atoms in total. The Morgan fingerprint density at radius 3 is 3.06 bits per heavy atom. The van der Waals surface area contributed by atoms with Crippen LogP contribution in [0, 0.1) is 6.92 Å². The molecule has 2 rings (SSSR count). The Labute approximate surface area is 107 Å². The van der Waals surface area contributed by atoms with Crippen molar-refractivity contribution in [2.75, 3.05) is 30.4 Å². The van der Waals surface area contributed by atoms with E-state index in [1.165, 1.54) is 0 Å². The third kappa shape index (κ3) is 2.23. The van der Waals surface area contributed by atoms with Crippen molar-refractivity contribution in [1.82, 2.24) is 15.3 Å². The largest absolute Gasteiger partial charge is 0.357 e. The van der Waals surface area contributed by atoms with Crippen molar-refractivity contribution in [2.45, 2.75) is 26.3 Å². The number of carbonyl (C=O) groups excluding carboxylic acids is 1. The summed E-state index contributed by atoms with van der Waals surface area (Å²) in [4.78, 5) is 22.6. The Morgan fingerprint density at radius 1 is 1.61 bits per heavy atom. The van der Waals surface area contributed by atoms with Crippen LogP contribution in [0.5, 0.6) is 0 Å². The first-order valence-electron chi connectivity index (χ1n) is 6.23. The quantitative estimate of drug-likeness (QED) is 0.818. The number of nitrogens with one attached hydrogen (secondary N) is 2. The highest BCUT2D eigenvalue weighted by molar-refractivity contribution is 5.86.